The van der Waals surface area contributed by atoms with Gasteiger partial charge in [-0.25, -0.2) is 0 Å². The minimum atomic E-state index is 0.252. The molecule has 0 unspecified atom stereocenters. The molecule has 0 atom stereocenters. The van der Waals surface area contributed by atoms with Gasteiger partial charge in [0.25, 0.3) is 0 Å². The van der Waals surface area contributed by atoms with Crippen molar-refractivity contribution in [2.45, 2.75) is 12.8 Å². The highest BCUT2D eigenvalue weighted by atomic mass is 16.1. The maximum Gasteiger partial charge on any atom is 0.163 e. The first-order valence-corrected chi connectivity index (χ1v) is 7.33. The highest BCUT2D eigenvalue weighted by molar-refractivity contribution is 6.01. The first-order valence-electron chi connectivity index (χ1n) is 7.33. The van der Waals surface area contributed by atoms with Crippen molar-refractivity contribution in [3.8, 4) is 22.4 Å². The maximum atomic E-state index is 11.8. The fourth-order valence-electron chi connectivity index (χ4n) is 3.05. The van der Waals surface area contributed by atoms with E-state index >= 15 is 0 Å². The molecule has 108 valence electrons. The Bertz CT molecular complexity index is 865. The summed E-state index contributed by atoms with van der Waals surface area (Å²) in [7, 11) is 1.92. The van der Waals surface area contributed by atoms with Crippen LogP contribution in [0.1, 0.15) is 22.3 Å². The predicted molar refractivity (Wildman–Crippen MR) is 84.5 cm³/mol. The minimum Gasteiger partial charge on any atom is -0.294 e. The van der Waals surface area contributed by atoms with E-state index in [0.717, 1.165) is 39.9 Å². The zero-order valence-corrected chi connectivity index (χ0v) is 12.3. The van der Waals surface area contributed by atoms with Crippen molar-refractivity contribution in [2.75, 3.05) is 0 Å². The van der Waals surface area contributed by atoms with E-state index in [0.29, 0.717) is 6.42 Å². The molecule has 2 aromatic heterocycles. The Morgan fingerprint density at radius 2 is 1.82 bits per heavy atom. The third kappa shape index (κ3) is 2.04. The lowest BCUT2D eigenvalue weighted by Crippen LogP contribution is -1.91. The monoisotopic (exact) mass is 289 g/mol. The number of hydrogen-bond acceptors (Lipinski definition) is 3. The number of benzene rings is 1. The fraction of sp³-hybridized carbons (Fsp3) is 0.167. The van der Waals surface area contributed by atoms with Gasteiger partial charge in [0, 0.05) is 48.7 Å². The molecule has 4 nitrogen and oxygen atoms in total. The van der Waals surface area contributed by atoms with Crippen LogP contribution in [-0.4, -0.2) is 20.5 Å². The first-order chi connectivity index (χ1) is 10.7. The largest absolute Gasteiger partial charge is 0.294 e. The van der Waals surface area contributed by atoms with Crippen LogP contribution in [0.15, 0.2) is 48.9 Å². The van der Waals surface area contributed by atoms with Gasteiger partial charge in [-0.3, -0.25) is 14.5 Å². The molecular weight excluding hydrogens is 274 g/mol. The van der Waals surface area contributed by atoms with Crippen molar-refractivity contribution in [3.05, 3.63) is 60.0 Å². The summed E-state index contributed by atoms with van der Waals surface area (Å²) in [5.74, 6) is 0.252. The standard InChI is InChI=1S/C18H15N3O/c1-21-11-16(18(20-21)12-6-8-19-9-7-12)14-2-4-15-13(10-14)3-5-17(15)22/h2,4,6-11H,3,5H2,1H3. The molecule has 22 heavy (non-hydrogen) atoms. The summed E-state index contributed by atoms with van der Waals surface area (Å²) >= 11 is 0. The molecule has 0 amide bonds. The summed E-state index contributed by atoms with van der Waals surface area (Å²) in [4.78, 5) is 15.8. The van der Waals surface area contributed by atoms with E-state index in [1.54, 1.807) is 12.4 Å². The third-order valence-electron chi connectivity index (χ3n) is 4.12. The minimum absolute atomic E-state index is 0.252. The van der Waals surface area contributed by atoms with Gasteiger partial charge in [0.2, 0.25) is 0 Å². The number of rotatable bonds is 2. The molecule has 0 aliphatic heterocycles. The molecule has 1 aromatic carbocycles. The predicted octanol–water partition coefficient (Wildman–Crippen LogP) is 3.28. The molecule has 0 spiro atoms. The summed E-state index contributed by atoms with van der Waals surface area (Å²) < 4.78 is 1.82. The molecule has 1 aliphatic carbocycles. The number of pyridine rings is 1. The Balaban J connectivity index is 1.86. The average Bonchev–Trinajstić information content (AvgIpc) is 3.11. The zero-order valence-electron chi connectivity index (χ0n) is 12.3. The first kappa shape index (κ1) is 13.0. The maximum absolute atomic E-state index is 11.8. The van der Waals surface area contributed by atoms with E-state index in [2.05, 4.69) is 16.1 Å². The summed E-state index contributed by atoms with van der Waals surface area (Å²) in [6, 6.07) is 10.0. The lowest BCUT2D eigenvalue weighted by molar-refractivity contribution is 0.0994. The number of fused-ring (bicyclic) bond motifs is 1. The zero-order chi connectivity index (χ0) is 15.1. The van der Waals surface area contributed by atoms with Crippen LogP contribution in [-0.2, 0) is 13.5 Å². The molecule has 2 heterocycles. The number of carbonyl (C=O) groups is 1. The second-order valence-corrected chi connectivity index (χ2v) is 5.60. The van der Waals surface area contributed by atoms with Gasteiger partial charge in [0.1, 0.15) is 5.69 Å². The van der Waals surface area contributed by atoms with Gasteiger partial charge in [0.05, 0.1) is 0 Å². The van der Waals surface area contributed by atoms with Crippen LogP contribution in [0.2, 0.25) is 0 Å². The number of ketones is 1. The number of carbonyl (C=O) groups excluding carboxylic acids is 1. The lowest BCUT2D eigenvalue weighted by atomic mass is 9.99. The molecule has 0 fully saturated rings. The van der Waals surface area contributed by atoms with E-state index < -0.39 is 0 Å². The van der Waals surface area contributed by atoms with Gasteiger partial charge in [-0.2, -0.15) is 5.10 Å². The van der Waals surface area contributed by atoms with Gasteiger partial charge in [-0.05, 0) is 29.7 Å². The van der Waals surface area contributed by atoms with Crippen LogP contribution in [0, 0.1) is 0 Å². The van der Waals surface area contributed by atoms with Crippen LogP contribution >= 0.6 is 0 Å². The van der Waals surface area contributed by atoms with Crippen molar-refractivity contribution < 1.29 is 4.79 Å². The third-order valence-corrected chi connectivity index (χ3v) is 4.12. The highest BCUT2D eigenvalue weighted by Gasteiger charge is 2.21. The molecular formula is C18H15N3O. The van der Waals surface area contributed by atoms with Crippen molar-refractivity contribution >= 4 is 5.78 Å². The Morgan fingerprint density at radius 1 is 1.00 bits per heavy atom. The Kier molecular flexibility index (Phi) is 2.89. The Hall–Kier alpha value is -2.75. The molecule has 0 saturated heterocycles. The van der Waals surface area contributed by atoms with Gasteiger partial charge in [-0.1, -0.05) is 18.2 Å². The van der Waals surface area contributed by atoms with Gasteiger partial charge in [-0.15, -0.1) is 0 Å². The average molecular weight is 289 g/mol. The topological polar surface area (TPSA) is 47.8 Å². The fourth-order valence-corrected chi connectivity index (χ4v) is 3.05. The molecule has 0 bridgehead atoms. The van der Waals surface area contributed by atoms with E-state index in [1.165, 1.54) is 0 Å². The second kappa shape index (κ2) is 4.91. The molecule has 4 heteroatoms. The quantitative estimate of drug-likeness (QED) is 0.727. The number of hydrogen-bond donors (Lipinski definition) is 0. The number of Topliss-reactive ketones (excluding diaryl/α,β-unsaturated/α-hetero) is 1. The Morgan fingerprint density at radius 3 is 2.64 bits per heavy atom. The normalized spacial score (nSPS) is 13.4. The van der Waals surface area contributed by atoms with Crippen LogP contribution in [0.4, 0.5) is 0 Å². The molecule has 0 saturated carbocycles. The molecule has 0 radical (unpaired) electrons. The molecule has 0 N–H and O–H groups in total. The van der Waals surface area contributed by atoms with Crippen LogP contribution in [0.3, 0.4) is 0 Å². The summed E-state index contributed by atoms with van der Waals surface area (Å²) in [6.45, 7) is 0. The number of nitrogens with zero attached hydrogens (tertiary/aromatic N) is 3. The smallest absolute Gasteiger partial charge is 0.163 e. The van der Waals surface area contributed by atoms with E-state index in [1.807, 2.05) is 42.2 Å². The SMILES string of the molecule is Cn1cc(-c2ccc3c(c2)CCC3=O)c(-c2ccncc2)n1. The van der Waals surface area contributed by atoms with Crippen molar-refractivity contribution in [1.29, 1.82) is 0 Å². The lowest BCUT2D eigenvalue weighted by Gasteiger charge is -2.05. The van der Waals surface area contributed by atoms with Gasteiger partial charge < -0.3 is 0 Å². The van der Waals surface area contributed by atoms with Crippen molar-refractivity contribution in [3.63, 3.8) is 0 Å². The number of aromatic nitrogens is 3. The van der Waals surface area contributed by atoms with Crippen molar-refractivity contribution in [1.82, 2.24) is 14.8 Å². The summed E-state index contributed by atoms with van der Waals surface area (Å²) in [5.41, 5.74) is 6.19. The molecule has 1 aliphatic rings. The van der Waals surface area contributed by atoms with E-state index in [9.17, 15) is 4.79 Å². The Labute approximate surface area is 128 Å². The molecule has 3 aromatic rings. The van der Waals surface area contributed by atoms with E-state index in [-0.39, 0.29) is 5.78 Å². The van der Waals surface area contributed by atoms with E-state index in [4.69, 9.17) is 0 Å². The highest BCUT2D eigenvalue weighted by Crippen LogP contribution is 2.33. The molecule has 4 rings (SSSR count). The summed E-state index contributed by atoms with van der Waals surface area (Å²) in [5, 5.41) is 4.59. The van der Waals surface area contributed by atoms with Crippen LogP contribution in [0.5, 0.6) is 0 Å². The van der Waals surface area contributed by atoms with Gasteiger partial charge >= 0.3 is 0 Å². The number of aryl methyl sites for hydroxylation is 2. The van der Waals surface area contributed by atoms with Crippen molar-refractivity contribution in [2.24, 2.45) is 7.05 Å². The van der Waals surface area contributed by atoms with Crippen LogP contribution in [0.25, 0.3) is 22.4 Å². The summed E-state index contributed by atoms with van der Waals surface area (Å²) in [6.07, 6.45) is 7.04. The van der Waals surface area contributed by atoms with Gasteiger partial charge in [0.15, 0.2) is 5.78 Å². The second-order valence-electron chi connectivity index (χ2n) is 5.60. The van der Waals surface area contributed by atoms with Crippen LogP contribution < -0.4 is 0 Å².